The van der Waals surface area contributed by atoms with Gasteiger partial charge in [-0.2, -0.15) is 0 Å². The van der Waals surface area contributed by atoms with Crippen LogP contribution in [0, 0.1) is 0 Å². The lowest BCUT2D eigenvalue weighted by atomic mass is 9.95. The molecular formula is C23H19NO2. The molecule has 0 unspecified atom stereocenters. The fraction of sp³-hybridized carbons (Fsp3) is 0.0870. The van der Waals surface area contributed by atoms with Crippen molar-refractivity contribution in [1.82, 2.24) is 4.40 Å². The van der Waals surface area contributed by atoms with Crippen molar-refractivity contribution in [2.75, 3.05) is 7.11 Å². The number of ketones is 1. The number of fused-ring (bicyclic) bond motifs is 1. The lowest BCUT2D eigenvalue weighted by molar-refractivity contribution is 0.102. The summed E-state index contributed by atoms with van der Waals surface area (Å²) in [7, 11) is 1.65. The van der Waals surface area contributed by atoms with Gasteiger partial charge in [-0.3, -0.25) is 4.79 Å². The van der Waals surface area contributed by atoms with Gasteiger partial charge in [0, 0.05) is 11.8 Å². The molecule has 2 aromatic carbocycles. The summed E-state index contributed by atoms with van der Waals surface area (Å²) in [5.41, 5.74) is 5.72. The SMILES string of the molecule is COc1ccc(-c2c(C(C)=O)c3ccccn3c2-c2ccccc2)cc1. The first-order valence-electron chi connectivity index (χ1n) is 8.54. The van der Waals surface area contributed by atoms with E-state index in [4.69, 9.17) is 4.74 Å². The summed E-state index contributed by atoms with van der Waals surface area (Å²) in [6.07, 6.45) is 2.01. The van der Waals surface area contributed by atoms with Crippen molar-refractivity contribution in [3.63, 3.8) is 0 Å². The minimum absolute atomic E-state index is 0.0571. The van der Waals surface area contributed by atoms with Gasteiger partial charge in [-0.1, -0.05) is 48.5 Å². The highest BCUT2D eigenvalue weighted by molar-refractivity contribution is 6.11. The van der Waals surface area contributed by atoms with Crippen LogP contribution in [0.3, 0.4) is 0 Å². The van der Waals surface area contributed by atoms with Gasteiger partial charge in [-0.25, -0.2) is 0 Å². The van der Waals surface area contributed by atoms with Crippen LogP contribution in [-0.4, -0.2) is 17.3 Å². The van der Waals surface area contributed by atoms with Gasteiger partial charge in [0.1, 0.15) is 5.75 Å². The van der Waals surface area contributed by atoms with Crippen LogP contribution in [0.2, 0.25) is 0 Å². The van der Waals surface area contributed by atoms with Crippen molar-refractivity contribution in [3.8, 4) is 28.1 Å². The molecule has 0 saturated heterocycles. The lowest BCUT2D eigenvalue weighted by Gasteiger charge is -2.09. The Hall–Kier alpha value is -3.33. The topological polar surface area (TPSA) is 30.7 Å². The number of carbonyl (C=O) groups excluding carboxylic acids is 1. The van der Waals surface area contributed by atoms with Gasteiger partial charge in [0.2, 0.25) is 0 Å². The van der Waals surface area contributed by atoms with Gasteiger partial charge in [-0.15, -0.1) is 0 Å². The molecule has 0 aliphatic rings. The Morgan fingerprint density at radius 3 is 2.19 bits per heavy atom. The van der Waals surface area contributed by atoms with E-state index in [1.165, 1.54) is 0 Å². The van der Waals surface area contributed by atoms with E-state index in [1.54, 1.807) is 14.0 Å². The summed E-state index contributed by atoms with van der Waals surface area (Å²) in [6, 6.07) is 24.0. The van der Waals surface area contributed by atoms with E-state index < -0.39 is 0 Å². The van der Waals surface area contributed by atoms with Crippen LogP contribution in [0.25, 0.3) is 27.9 Å². The van der Waals surface area contributed by atoms with Crippen LogP contribution in [0.1, 0.15) is 17.3 Å². The fourth-order valence-corrected chi connectivity index (χ4v) is 3.48. The average Bonchev–Trinajstić information content (AvgIpc) is 3.04. The van der Waals surface area contributed by atoms with Crippen molar-refractivity contribution < 1.29 is 9.53 Å². The van der Waals surface area contributed by atoms with E-state index in [0.717, 1.165) is 39.2 Å². The molecule has 26 heavy (non-hydrogen) atoms. The van der Waals surface area contributed by atoms with E-state index in [9.17, 15) is 4.79 Å². The van der Waals surface area contributed by atoms with Crippen molar-refractivity contribution in [3.05, 3.63) is 84.6 Å². The number of nitrogens with zero attached hydrogens (tertiary/aromatic N) is 1. The molecule has 4 aromatic rings. The molecule has 0 atom stereocenters. The summed E-state index contributed by atoms with van der Waals surface area (Å²) in [5.74, 6) is 0.852. The number of hydrogen-bond acceptors (Lipinski definition) is 2. The molecular weight excluding hydrogens is 322 g/mol. The van der Waals surface area contributed by atoms with Gasteiger partial charge in [0.05, 0.1) is 23.9 Å². The van der Waals surface area contributed by atoms with E-state index in [0.29, 0.717) is 0 Å². The van der Waals surface area contributed by atoms with Crippen LogP contribution < -0.4 is 4.74 Å². The average molecular weight is 341 g/mol. The molecule has 0 aliphatic heterocycles. The van der Waals surface area contributed by atoms with Crippen LogP contribution in [-0.2, 0) is 0 Å². The molecule has 2 heterocycles. The molecule has 0 N–H and O–H groups in total. The molecule has 4 rings (SSSR count). The molecule has 0 radical (unpaired) electrons. The molecule has 0 amide bonds. The number of Topliss-reactive ketones (excluding diaryl/α,β-unsaturated/α-hetero) is 1. The summed E-state index contributed by atoms with van der Waals surface area (Å²) in [4.78, 5) is 12.6. The van der Waals surface area contributed by atoms with E-state index >= 15 is 0 Å². The Labute approximate surface area is 152 Å². The highest BCUT2D eigenvalue weighted by atomic mass is 16.5. The largest absolute Gasteiger partial charge is 0.497 e. The Morgan fingerprint density at radius 1 is 0.846 bits per heavy atom. The van der Waals surface area contributed by atoms with Crippen molar-refractivity contribution in [2.24, 2.45) is 0 Å². The molecule has 2 aromatic heterocycles. The highest BCUT2D eigenvalue weighted by Gasteiger charge is 2.23. The standard InChI is InChI=1S/C23H19NO2/c1-16(25)21-20-10-6-7-15-24(20)23(18-8-4-3-5-9-18)22(21)17-11-13-19(26-2)14-12-17/h3-15H,1-2H3. The van der Waals surface area contributed by atoms with Crippen molar-refractivity contribution in [1.29, 1.82) is 0 Å². The van der Waals surface area contributed by atoms with Crippen molar-refractivity contribution in [2.45, 2.75) is 6.92 Å². The lowest BCUT2D eigenvalue weighted by Crippen LogP contribution is -1.94. The smallest absolute Gasteiger partial charge is 0.162 e. The number of rotatable bonds is 4. The van der Waals surface area contributed by atoms with Gasteiger partial charge in [-0.05, 0) is 42.3 Å². The second-order valence-corrected chi connectivity index (χ2v) is 6.21. The summed E-state index contributed by atoms with van der Waals surface area (Å²) in [6.45, 7) is 1.63. The first kappa shape index (κ1) is 16.2. The van der Waals surface area contributed by atoms with E-state index in [1.807, 2.05) is 66.9 Å². The molecule has 128 valence electrons. The van der Waals surface area contributed by atoms with Gasteiger partial charge in [0.25, 0.3) is 0 Å². The van der Waals surface area contributed by atoms with Gasteiger partial charge in [0.15, 0.2) is 5.78 Å². The molecule has 0 bridgehead atoms. The van der Waals surface area contributed by atoms with Crippen LogP contribution in [0.5, 0.6) is 5.75 Å². The molecule has 0 aliphatic carbocycles. The fourth-order valence-electron chi connectivity index (χ4n) is 3.48. The quantitative estimate of drug-likeness (QED) is 0.460. The third kappa shape index (κ3) is 2.58. The number of ether oxygens (including phenoxy) is 1. The zero-order valence-electron chi connectivity index (χ0n) is 14.8. The number of carbonyl (C=O) groups is 1. The summed E-state index contributed by atoms with van der Waals surface area (Å²) < 4.78 is 7.39. The number of aromatic nitrogens is 1. The van der Waals surface area contributed by atoms with E-state index in [-0.39, 0.29) is 5.78 Å². The minimum Gasteiger partial charge on any atom is -0.497 e. The van der Waals surface area contributed by atoms with Gasteiger partial charge >= 0.3 is 0 Å². The first-order chi connectivity index (χ1) is 12.7. The monoisotopic (exact) mass is 341 g/mol. The Balaban J connectivity index is 2.12. The number of pyridine rings is 1. The maximum Gasteiger partial charge on any atom is 0.162 e. The number of methoxy groups -OCH3 is 1. The zero-order valence-corrected chi connectivity index (χ0v) is 14.8. The Kier molecular flexibility index (Phi) is 4.05. The molecule has 3 nitrogen and oxygen atoms in total. The normalized spacial score (nSPS) is 10.8. The third-order valence-corrected chi connectivity index (χ3v) is 4.62. The molecule has 0 fully saturated rings. The summed E-state index contributed by atoms with van der Waals surface area (Å²) >= 11 is 0. The predicted octanol–water partition coefficient (Wildman–Crippen LogP) is 5.48. The molecule has 0 spiro atoms. The highest BCUT2D eigenvalue weighted by Crippen LogP contribution is 2.40. The Bertz CT molecular complexity index is 1080. The predicted molar refractivity (Wildman–Crippen MR) is 105 cm³/mol. The second-order valence-electron chi connectivity index (χ2n) is 6.21. The molecule has 3 heteroatoms. The maximum atomic E-state index is 12.6. The molecule has 0 saturated carbocycles. The first-order valence-corrected chi connectivity index (χ1v) is 8.54. The number of benzene rings is 2. The van der Waals surface area contributed by atoms with Gasteiger partial charge < -0.3 is 9.14 Å². The van der Waals surface area contributed by atoms with E-state index in [2.05, 4.69) is 16.5 Å². The van der Waals surface area contributed by atoms with Crippen LogP contribution in [0.4, 0.5) is 0 Å². The maximum absolute atomic E-state index is 12.6. The Morgan fingerprint density at radius 2 is 1.54 bits per heavy atom. The third-order valence-electron chi connectivity index (χ3n) is 4.62. The second kappa shape index (κ2) is 6.52. The van der Waals surface area contributed by atoms with Crippen molar-refractivity contribution >= 4 is 11.3 Å². The van der Waals surface area contributed by atoms with Crippen LogP contribution in [0.15, 0.2) is 79.0 Å². The summed E-state index contributed by atoms with van der Waals surface area (Å²) in [5, 5.41) is 0. The number of hydrogen-bond donors (Lipinski definition) is 0. The zero-order chi connectivity index (χ0) is 18.1. The van der Waals surface area contributed by atoms with Crippen LogP contribution >= 0.6 is 0 Å². The minimum atomic E-state index is 0.0571.